The van der Waals surface area contributed by atoms with Crippen LogP contribution < -0.4 is 5.32 Å². The molecule has 8 heteroatoms. The third-order valence-electron chi connectivity index (χ3n) is 4.21. The molecule has 3 heterocycles. The monoisotopic (exact) mass is 353 g/mol. The van der Waals surface area contributed by atoms with Crippen LogP contribution in [0.3, 0.4) is 0 Å². The highest BCUT2D eigenvalue weighted by Gasteiger charge is 2.35. The number of hydrogen-bond donors (Lipinski definition) is 1. The van der Waals surface area contributed by atoms with Crippen LogP contribution in [0.5, 0.6) is 0 Å². The number of hydrogen-bond acceptors (Lipinski definition) is 5. The average molecular weight is 353 g/mol. The van der Waals surface area contributed by atoms with Gasteiger partial charge in [-0.3, -0.25) is 4.98 Å². The Balaban J connectivity index is 1.29. The third-order valence-corrected chi connectivity index (χ3v) is 4.21. The number of amides is 2. The zero-order chi connectivity index (χ0) is 17.9. The van der Waals surface area contributed by atoms with Crippen LogP contribution in [0.1, 0.15) is 17.4 Å². The Labute approximate surface area is 148 Å². The van der Waals surface area contributed by atoms with E-state index < -0.39 is 0 Å². The summed E-state index contributed by atoms with van der Waals surface area (Å²) in [5.41, 5.74) is 1.49. The van der Waals surface area contributed by atoms with Crippen molar-refractivity contribution >= 4 is 6.03 Å². The lowest BCUT2D eigenvalue weighted by Gasteiger charge is -2.36. The lowest BCUT2D eigenvalue weighted by molar-refractivity contribution is 0.136. The normalized spacial score (nSPS) is 14.1. The first-order valence-corrected chi connectivity index (χ1v) is 8.21. The number of carbonyl (C=O) groups excluding carboxylic acids is 1. The molecule has 0 aliphatic carbocycles. The number of likely N-dealkylation sites (tertiary alicyclic amines) is 1. The molecule has 1 aliphatic heterocycles. The fraction of sp³-hybridized carbons (Fsp3) is 0.222. The van der Waals surface area contributed by atoms with Gasteiger partial charge in [0, 0.05) is 25.8 Å². The summed E-state index contributed by atoms with van der Waals surface area (Å²) in [4.78, 5) is 22.3. The van der Waals surface area contributed by atoms with Crippen molar-refractivity contribution in [1.82, 2.24) is 25.3 Å². The van der Waals surface area contributed by atoms with E-state index in [0.717, 1.165) is 5.56 Å². The van der Waals surface area contributed by atoms with Crippen molar-refractivity contribution in [3.63, 3.8) is 0 Å². The van der Waals surface area contributed by atoms with Crippen LogP contribution in [0.2, 0.25) is 0 Å². The summed E-state index contributed by atoms with van der Waals surface area (Å²) in [5, 5.41) is 6.76. The number of rotatable bonds is 4. The molecule has 1 saturated heterocycles. The second-order valence-electron chi connectivity index (χ2n) is 6.06. The van der Waals surface area contributed by atoms with Gasteiger partial charge in [0.15, 0.2) is 0 Å². The number of nitrogens with zero attached hydrogens (tertiary/aromatic N) is 4. The summed E-state index contributed by atoms with van der Waals surface area (Å²) in [6.45, 7) is 1.38. The summed E-state index contributed by atoms with van der Waals surface area (Å²) in [6.07, 6.45) is 1.67. The molecule has 132 valence electrons. The van der Waals surface area contributed by atoms with E-state index in [2.05, 4.69) is 20.4 Å². The number of halogens is 1. The molecule has 3 aromatic rings. The predicted octanol–water partition coefficient (Wildman–Crippen LogP) is 2.58. The molecule has 2 amide bonds. The number of nitrogens with one attached hydrogen (secondary N) is 1. The van der Waals surface area contributed by atoms with Gasteiger partial charge in [0.1, 0.15) is 11.5 Å². The van der Waals surface area contributed by atoms with Crippen LogP contribution in [-0.4, -0.2) is 39.1 Å². The molecule has 0 bridgehead atoms. The largest absolute Gasteiger partial charge is 0.338 e. The number of urea groups is 1. The Kier molecular flexibility index (Phi) is 4.30. The van der Waals surface area contributed by atoms with Crippen molar-refractivity contribution in [1.29, 1.82) is 0 Å². The molecule has 0 atom stereocenters. The first kappa shape index (κ1) is 16.2. The molecular formula is C18H16FN5O2. The third kappa shape index (κ3) is 3.39. The minimum atomic E-state index is -0.296. The summed E-state index contributed by atoms with van der Waals surface area (Å²) < 4.78 is 18.2. The minimum absolute atomic E-state index is 0.0246. The zero-order valence-corrected chi connectivity index (χ0v) is 13.8. The highest BCUT2D eigenvalue weighted by Crippen LogP contribution is 2.27. The van der Waals surface area contributed by atoms with Crippen molar-refractivity contribution in [2.45, 2.75) is 12.5 Å². The summed E-state index contributed by atoms with van der Waals surface area (Å²) in [5.74, 6) is 0.680. The Morgan fingerprint density at radius 2 is 2.04 bits per heavy atom. The van der Waals surface area contributed by atoms with Gasteiger partial charge in [-0.25, -0.2) is 9.18 Å². The zero-order valence-electron chi connectivity index (χ0n) is 13.8. The van der Waals surface area contributed by atoms with Crippen molar-refractivity contribution in [2.24, 2.45) is 0 Å². The molecule has 0 saturated carbocycles. The van der Waals surface area contributed by atoms with E-state index in [9.17, 15) is 9.18 Å². The minimum Gasteiger partial charge on any atom is -0.338 e. The van der Waals surface area contributed by atoms with Gasteiger partial charge in [-0.05, 0) is 29.8 Å². The van der Waals surface area contributed by atoms with Crippen LogP contribution in [0.4, 0.5) is 9.18 Å². The van der Waals surface area contributed by atoms with Crippen LogP contribution in [0, 0.1) is 5.82 Å². The van der Waals surface area contributed by atoms with Crippen molar-refractivity contribution in [3.8, 4) is 11.5 Å². The molecule has 26 heavy (non-hydrogen) atoms. The van der Waals surface area contributed by atoms with Crippen molar-refractivity contribution in [2.75, 3.05) is 13.1 Å². The van der Waals surface area contributed by atoms with Gasteiger partial charge in [0.2, 0.25) is 11.7 Å². The van der Waals surface area contributed by atoms with Gasteiger partial charge in [0.05, 0.1) is 5.92 Å². The smallest absolute Gasteiger partial charge is 0.317 e. The fourth-order valence-corrected chi connectivity index (χ4v) is 2.69. The maximum absolute atomic E-state index is 12.9. The fourth-order valence-electron chi connectivity index (χ4n) is 2.69. The van der Waals surface area contributed by atoms with Gasteiger partial charge in [-0.1, -0.05) is 23.4 Å². The predicted molar refractivity (Wildman–Crippen MR) is 90.5 cm³/mol. The van der Waals surface area contributed by atoms with Crippen LogP contribution in [-0.2, 0) is 6.54 Å². The maximum atomic E-state index is 12.9. The molecule has 0 unspecified atom stereocenters. The summed E-state index contributed by atoms with van der Waals surface area (Å²) in [7, 11) is 0. The molecule has 1 aromatic carbocycles. The van der Waals surface area contributed by atoms with E-state index in [-0.39, 0.29) is 17.8 Å². The molecule has 1 N–H and O–H groups in total. The second kappa shape index (κ2) is 6.91. The van der Waals surface area contributed by atoms with E-state index in [1.807, 2.05) is 18.2 Å². The number of carbonyl (C=O) groups is 1. The Morgan fingerprint density at radius 3 is 2.77 bits per heavy atom. The lowest BCUT2D eigenvalue weighted by Crippen LogP contribution is -2.52. The Hall–Kier alpha value is -3.29. The number of aromatic nitrogens is 3. The molecule has 7 nitrogen and oxygen atoms in total. The molecule has 2 aromatic heterocycles. The van der Waals surface area contributed by atoms with Crippen molar-refractivity contribution < 1.29 is 13.7 Å². The number of pyridine rings is 1. The standard InChI is InChI=1S/C18H16FN5O2/c19-14-6-4-12(5-7-14)9-21-18(25)24-10-13(11-24)17-22-16(23-26-17)15-3-1-2-8-20-15/h1-8,13H,9-11H2,(H,21,25). The summed E-state index contributed by atoms with van der Waals surface area (Å²) in [6, 6.07) is 11.3. The van der Waals surface area contributed by atoms with E-state index in [4.69, 9.17) is 4.52 Å². The van der Waals surface area contributed by atoms with Crippen LogP contribution >= 0.6 is 0 Å². The van der Waals surface area contributed by atoms with E-state index in [1.165, 1.54) is 12.1 Å². The van der Waals surface area contributed by atoms with Gasteiger partial charge in [-0.15, -0.1) is 0 Å². The van der Waals surface area contributed by atoms with E-state index >= 15 is 0 Å². The Morgan fingerprint density at radius 1 is 1.23 bits per heavy atom. The van der Waals surface area contributed by atoms with E-state index in [0.29, 0.717) is 37.0 Å². The van der Waals surface area contributed by atoms with Gasteiger partial charge < -0.3 is 14.7 Å². The lowest BCUT2D eigenvalue weighted by atomic mass is 10.0. The van der Waals surface area contributed by atoms with Gasteiger partial charge in [0.25, 0.3) is 0 Å². The first-order valence-electron chi connectivity index (χ1n) is 8.21. The molecule has 4 rings (SSSR count). The molecule has 1 fully saturated rings. The van der Waals surface area contributed by atoms with E-state index in [1.54, 1.807) is 23.2 Å². The molecule has 0 radical (unpaired) electrons. The quantitative estimate of drug-likeness (QED) is 0.779. The SMILES string of the molecule is O=C(NCc1ccc(F)cc1)N1CC(c2nc(-c3ccccn3)no2)C1. The average Bonchev–Trinajstić information content (AvgIpc) is 3.10. The maximum Gasteiger partial charge on any atom is 0.317 e. The molecule has 1 aliphatic rings. The Bertz CT molecular complexity index is 891. The molecule has 0 spiro atoms. The molecular weight excluding hydrogens is 337 g/mol. The second-order valence-corrected chi connectivity index (χ2v) is 6.06. The van der Waals surface area contributed by atoms with Gasteiger partial charge >= 0.3 is 6.03 Å². The first-order chi connectivity index (χ1) is 12.7. The number of benzene rings is 1. The highest BCUT2D eigenvalue weighted by molar-refractivity contribution is 5.75. The highest BCUT2D eigenvalue weighted by atomic mass is 19.1. The van der Waals surface area contributed by atoms with Crippen molar-refractivity contribution in [3.05, 3.63) is 65.9 Å². The van der Waals surface area contributed by atoms with Gasteiger partial charge in [-0.2, -0.15) is 4.98 Å². The topological polar surface area (TPSA) is 84.2 Å². The van der Waals surface area contributed by atoms with Crippen LogP contribution in [0.15, 0.2) is 53.2 Å². The van der Waals surface area contributed by atoms with Crippen LogP contribution in [0.25, 0.3) is 11.5 Å². The summed E-state index contributed by atoms with van der Waals surface area (Å²) >= 11 is 0.